The molecular formula is C40H49N3O6. The van der Waals surface area contributed by atoms with Gasteiger partial charge in [-0.05, 0) is 117 Å². The van der Waals surface area contributed by atoms with Crippen molar-refractivity contribution in [2.45, 2.75) is 78.7 Å². The molecule has 5 rings (SSSR count). The van der Waals surface area contributed by atoms with Crippen LogP contribution in [0.25, 0.3) is 11.1 Å². The van der Waals surface area contributed by atoms with Crippen LogP contribution in [0.3, 0.4) is 0 Å². The lowest BCUT2D eigenvalue weighted by Crippen LogP contribution is -2.44. The Hall–Kier alpha value is -4.60. The van der Waals surface area contributed by atoms with Crippen molar-refractivity contribution in [3.8, 4) is 5.75 Å². The van der Waals surface area contributed by atoms with Crippen molar-refractivity contribution in [2.24, 2.45) is 0 Å². The van der Waals surface area contributed by atoms with Gasteiger partial charge in [0, 0.05) is 25.8 Å². The maximum Gasteiger partial charge on any atom is 0.410 e. The fourth-order valence-electron chi connectivity index (χ4n) is 6.34. The molecule has 3 aromatic carbocycles. The van der Waals surface area contributed by atoms with Gasteiger partial charge in [0.1, 0.15) is 24.2 Å². The lowest BCUT2D eigenvalue weighted by atomic mass is 9.86. The molecule has 1 unspecified atom stereocenters. The zero-order chi connectivity index (χ0) is 35.0. The van der Waals surface area contributed by atoms with E-state index in [1.807, 2.05) is 12.1 Å². The van der Waals surface area contributed by atoms with Crippen LogP contribution in [0, 0.1) is 6.92 Å². The van der Waals surface area contributed by atoms with Crippen molar-refractivity contribution in [2.75, 3.05) is 31.3 Å². The van der Waals surface area contributed by atoms with E-state index in [1.54, 1.807) is 20.8 Å². The van der Waals surface area contributed by atoms with Gasteiger partial charge in [0.25, 0.3) is 0 Å². The van der Waals surface area contributed by atoms with Gasteiger partial charge >= 0.3 is 12.1 Å². The van der Waals surface area contributed by atoms with Gasteiger partial charge in [-0.1, -0.05) is 55.5 Å². The van der Waals surface area contributed by atoms with Crippen LogP contribution < -0.4 is 15.2 Å². The Labute approximate surface area is 290 Å². The number of nitrogens with zero attached hydrogens (tertiary/aromatic N) is 2. The van der Waals surface area contributed by atoms with Crippen molar-refractivity contribution in [3.05, 3.63) is 107 Å². The summed E-state index contributed by atoms with van der Waals surface area (Å²) >= 11 is 0. The summed E-state index contributed by atoms with van der Waals surface area (Å²) < 4.78 is 17.7. The molecule has 0 bridgehead atoms. The van der Waals surface area contributed by atoms with E-state index in [9.17, 15) is 9.59 Å². The van der Waals surface area contributed by atoms with Crippen molar-refractivity contribution < 1.29 is 28.9 Å². The molecule has 2 aliphatic heterocycles. The molecule has 9 nitrogen and oxygen atoms in total. The fourth-order valence-corrected chi connectivity index (χ4v) is 6.34. The van der Waals surface area contributed by atoms with Crippen LogP contribution in [0.5, 0.6) is 5.75 Å². The molecule has 49 heavy (non-hydrogen) atoms. The smallest absolute Gasteiger partial charge is 0.410 e. The van der Waals surface area contributed by atoms with E-state index >= 15 is 0 Å². The van der Waals surface area contributed by atoms with Crippen LogP contribution in [0.15, 0.2) is 78.9 Å². The molecule has 2 aliphatic rings. The van der Waals surface area contributed by atoms with Gasteiger partial charge < -0.3 is 24.2 Å². The summed E-state index contributed by atoms with van der Waals surface area (Å²) in [5.74, 6) is -0.404. The van der Waals surface area contributed by atoms with Crippen molar-refractivity contribution >= 4 is 28.9 Å². The lowest BCUT2D eigenvalue weighted by Gasteiger charge is -2.32. The highest BCUT2D eigenvalue weighted by Gasteiger charge is 2.29. The van der Waals surface area contributed by atoms with Gasteiger partial charge in [-0.25, -0.2) is 15.0 Å². The predicted octanol–water partition coefficient (Wildman–Crippen LogP) is 7.97. The molecule has 1 atom stereocenters. The second kappa shape index (κ2) is 16.2. The summed E-state index contributed by atoms with van der Waals surface area (Å²) in [4.78, 5) is 25.2. The number of hydrogen-bond acceptors (Lipinski definition) is 7. The Kier molecular flexibility index (Phi) is 11.8. The van der Waals surface area contributed by atoms with E-state index < -0.39 is 17.7 Å². The minimum Gasteiger partial charge on any atom is -0.492 e. The number of hydrogen-bond donors (Lipinski definition) is 2. The van der Waals surface area contributed by atoms with Crippen LogP contribution in [0.1, 0.15) is 81.2 Å². The molecule has 0 aromatic heterocycles. The van der Waals surface area contributed by atoms with Crippen LogP contribution in [0.4, 0.5) is 10.5 Å². The number of carboxylic acid groups (broad SMARTS) is 1. The summed E-state index contributed by atoms with van der Waals surface area (Å²) in [5, 5.41) is 11.2. The molecule has 260 valence electrons. The van der Waals surface area contributed by atoms with E-state index in [4.69, 9.17) is 19.3 Å². The minimum atomic E-state index is -1.07. The summed E-state index contributed by atoms with van der Waals surface area (Å²) in [5.41, 5.74) is 12.5. The number of rotatable bonds is 12. The highest BCUT2D eigenvalue weighted by atomic mass is 16.6. The molecule has 0 spiro atoms. The molecule has 0 aliphatic carbocycles. The van der Waals surface area contributed by atoms with Crippen molar-refractivity contribution in [1.29, 1.82) is 0 Å². The first-order valence-electron chi connectivity index (χ1n) is 17.2. The number of anilines is 1. The number of allylic oxidation sites excluding steroid dienone is 1. The third-order valence-corrected chi connectivity index (χ3v) is 8.65. The number of hydrazine groups is 1. The number of carbonyl (C=O) groups is 2. The summed E-state index contributed by atoms with van der Waals surface area (Å²) in [6, 6.07) is 23.4. The number of amides is 1. The Balaban J connectivity index is 1.39. The second-order valence-electron chi connectivity index (χ2n) is 13.4. The van der Waals surface area contributed by atoms with Gasteiger partial charge in [0.15, 0.2) is 0 Å². The van der Waals surface area contributed by atoms with Crippen LogP contribution >= 0.6 is 0 Å². The van der Waals surface area contributed by atoms with E-state index in [0.29, 0.717) is 5.75 Å². The number of nitrogens with one attached hydrogen (secondary N) is 1. The number of ether oxygens (including phenoxy) is 3. The zero-order valence-electron chi connectivity index (χ0n) is 29.3. The molecule has 3 aromatic rings. The van der Waals surface area contributed by atoms with Crippen molar-refractivity contribution in [1.82, 2.24) is 10.3 Å². The number of fused-ring (bicyclic) bond motifs is 1. The molecule has 2 N–H and O–H groups in total. The molecular weight excluding hydrogens is 618 g/mol. The number of aryl methyl sites for hydroxylation is 1. The molecule has 2 heterocycles. The van der Waals surface area contributed by atoms with E-state index in [0.717, 1.165) is 49.6 Å². The minimum absolute atomic E-state index is 0.0546. The number of aliphatic carboxylic acids is 1. The lowest BCUT2D eigenvalue weighted by molar-refractivity contribution is -0.131. The molecule has 1 amide bonds. The predicted molar refractivity (Wildman–Crippen MR) is 193 cm³/mol. The standard InChI is InChI=1S/C40H49N3O6/c1-6-33(34-13-8-7-12-28(34)2)38(30-18-21-35-31(26-30)27-41-43(35)36-14-9-10-24-48-36)29-16-19-32(20-17-29)47-25-23-42(22-11-15-37(44)45)39(46)49-40(3,4)5/h7-8,11-13,15-21,26,36,41H,6,9-10,14,22-25,27H2,1-5H3,(H,44,45)/b15-11+,38-33+. The number of benzene rings is 3. The average molecular weight is 668 g/mol. The first-order valence-corrected chi connectivity index (χ1v) is 17.2. The van der Waals surface area contributed by atoms with E-state index in [1.165, 1.54) is 50.9 Å². The van der Waals surface area contributed by atoms with Crippen LogP contribution in [-0.2, 0) is 20.8 Å². The maximum atomic E-state index is 12.8. The van der Waals surface area contributed by atoms with Crippen molar-refractivity contribution in [3.63, 3.8) is 0 Å². The van der Waals surface area contributed by atoms with Gasteiger partial charge in [0.05, 0.1) is 12.2 Å². The highest BCUT2D eigenvalue weighted by Crippen LogP contribution is 2.39. The quantitative estimate of drug-likeness (QED) is 0.148. The summed E-state index contributed by atoms with van der Waals surface area (Å²) in [6.07, 6.45) is 6.12. The SMILES string of the molecule is CC/C(=C(/c1ccc(OCCN(C/C=C/C(=O)O)C(=O)OC(C)(C)C)cc1)c1ccc2c(c1)CNN2C1CCCCO1)c1ccccc1C. The van der Waals surface area contributed by atoms with E-state index in [2.05, 4.69) is 78.9 Å². The molecule has 0 radical (unpaired) electrons. The Bertz CT molecular complexity index is 1670. The van der Waals surface area contributed by atoms with Gasteiger partial charge in [-0.15, -0.1) is 0 Å². The fraction of sp³-hybridized carbons (Fsp3) is 0.400. The normalized spacial score (nSPS) is 16.7. The molecule has 1 fully saturated rings. The highest BCUT2D eigenvalue weighted by molar-refractivity contribution is 5.99. The Morgan fingerprint density at radius 3 is 2.49 bits per heavy atom. The van der Waals surface area contributed by atoms with Crippen LogP contribution in [-0.4, -0.2) is 60.2 Å². The number of carbonyl (C=O) groups excluding carboxylic acids is 1. The first-order chi connectivity index (χ1) is 23.5. The Morgan fingerprint density at radius 1 is 1.06 bits per heavy atom. The molecule has 1 saturated heterocycles. The summed E-state index contributed by atoms with van der Waals surface area (Å²) in [7, 11) is 0. The topological polar surface area (TPSA) is 101 Å². The molecule has 0 saturated carbocycles. The van der Waals surface area contributed by atoms with E-state index in [-0.39, 0.29) is 25.9 Å². The third-order valence-electron chi connectivity index (χ3n) is 8.65. The largest absolute Gasteiger partial charge is 0.492 e. The number of carboxylic acids is 1. The average Bonchev–Trinajstić information content (AvgIpc) is 3.50. The summed E-state index contributed by atoms with van der Waals surface area (Å²) in [6.45, 7) is 11.8. The maximum absolute atomic E-state index is 12.8. The second-order valence-corrected chi connectivity index (χ2v) is 13.4. The first kappa shape index (κ1) is 35.7. The van der Waals surface area contributed by atoms with Gasteiger partial charge in [-0.3, -0.25) is 5.01 Å². The van der Waals surface area contributed by atoms with Gasteiger partial charge in [0.2, 0.25) is 0 Å². The Morgan fingerprint density at radius 2 is 1.82 bits per heavy atom. The van der Waals surface area contributed by atoms with Gasteiger partial charge in [-0.2, -0.15) is 0 Å². The van der Waals surface area contributed by atoms with Crippen LogP contribution in [0.2, 0.25) is 0 Å². The third kappa shape index (κ3) is 9.31. The molecule has 9 heteroatoms. The zero-order valence-corrected chi connectivity index (χ0v) is 29.3. The monoisotopic (exact) mass is 667 g/mol.